The van der Waals surface area contributed by atoms with E-state index in [1.54, 1.807) is 31.4 Å². The Kier molecular flexibility index (Phi) is 5.56. The van der Waals surface area contributed by atoms with Gasteiger partial charge in [0, 0.05) is 41.4 Å². The molecule has 2 aromatic carbocycles. The van der Waals surface area contributed by atoms with E-state index < -0.39 is 12.0 Å². The predicted molar refractivity (Wildman–Crippen MR) is 103 cm³/mol. The maximum atomic E-state index is 12.2. The SMILES string of the molecule is COc1ccc(C(=O)C=CNC(Cc2c[nH]c3ccccc23)C(=O)O)cc1. The minimum atomic E-state index is -0.984. The van der Waals surface area contributed by atoms with Crippen LogP contribution in [0.2, 0.25) is 0 Å². The van der Waals surface area contributed by atoms with Crippen LogP contribution in [0.25, 0.3) is 10.9 Å². The van der Waals surface area contributed by atoms with Crippen LogP contribution in [-0.2, 0) is 11.2 Å². The number of H-pyrrole nitrogens is 1. The fourth-order valence-electron chi connectivity index (χ4n) is 2.83. The van der Waals surface area contributed by atoms with Gasteiger partial charge in [-0.1, -0.05) is 18.2 Å². The lowest BCUT2D eigenvalue weighted by Gasteiger charge is -2.12. The summed E-state index contributed by atoms with van der Waals surface area (Å²) in [5.74, 6) is -0.540. The summed E-state index contributed by atoms with van der Waals surface area (Å²) in [6, 6.07) is 13.6. The summed E-state index contributed by atoms with van der Waals surface area (Å²) < 4.78 is 5.06. The summed E-state index contributed by atoms with van der Waals surface area (Å²) in [5, 5.41) is 13.3. The minimum Gasteiger partial charge on any atom is -0.497 e. The highest BCUT2D eigenvalue weighted by molar-refractivity contribution is 6.04. The van der Waals surface area contributed by atoms with Crippen LogP contribution < -0.4 is 10.1 Å². The van der Waals surface area contributed by atoms with Gasteiger partial charge in [-0.2, -0.15) is 0 Å². The number of carbonyl (C=O) groups excluding carboxylic acids is 1. The van der Waals surface area contributed by atoms with Crippen molar-refractivity contribution >= 4 is 22.7 Å². The van der Waals surface area contributed by atoms with Crippen LogP contribution in [0.4, 0.5) is 0 Å². The summed E-state index contributed by atoms with van der Waals surface area (Å²) in [7, 11) is 1.56. The molecule has 0 aliphatic rings. The Morgan fingerprint density at radius 1 is 1.19 bits per heavy atom. The Hall–Kier alpha value is -3.54. The number of rotatable bonds is 8. The van der Waals surface area contributed by atoms with Gasteiger partial charge < -0.3 is 20.1 Å². The number of ether oxygens (including phenoxy) is 1. The third-order valence-corrected chi connectivity index (χ3v) is 4.30. The molecule has 0 aliphatic carbocycles. The molecule has 0 fully saturated rings. The molecule has 27 heavy (non-hydrogen) atoms. The molecule has 1 unspecified atom stereocenters. The number of carboxylic acid groups (broad SMARTS) is 1. The van der Waals surface area contributed by atoms with Crippen molar-refractivity contribution in [3.63, 3.8) is 0 Å². The fourth-order valence-corrected chi connectivity index (χ4v) is 2.83. The number of aromatic nitrogens is 1. The average molecular weight is 364 g/mol. The molecule has 0 bridgehead atoms. The number of fused-ring (bicyclic) bond motifs is 1. The van der Waals surface area contributed by atoms with Crippen LogP contribution in [-0.4, -0.2) is 35.0 Å². The highest BCUT2D eigenvalue weighted by Crippen LogP contribution is 2.19. The minimum absolute atomic E-state index is 0.221. The van der Waals surface area contributed by atoms with Gasteiger partial charge in [-0.3, -0.25) is 4.79 Å². The third-order valence-electron chi connectivity index (χ3n) is 4.30. The molecule has 1 atom stereocenters. The van der Waals surface area contributed by atoms with Crippen molar-refractivity contribution in [2.45, 2.75) is 12.5 Å². The van der Waals surface area contributed by atoms with Crippen molar-refractivity contribution in [2.24, 2.45) is 0 Å². The number of nitrogens with one attached hydrogen (secondary N) is 2. The van der Waals surface area contributed by atoms with E-state index in [9.17, 15) is 14.7 Å². The first-order chi connectivity index (χ1) is 13.1. The lowest BCUT2D eigenvalue weighted by atomic mass is 10.1. The number of para-hydroxylation sites is 1. The van der Waals surface area contributed by atoms with Crippen molar-refractivity contribution < 1.29 is 19.4 Å². The van der Waals surface area contributed by atoms with Gasteiger partial charge in [0.2, 0.25) is 0 Å². The molecule has 0 spiro atoms. The van der Waals surface area contributed by atoms with Crippen LogP contribution in [0.5, 0.6) is 5.75 Å². The number of hydrogen-bond donors (Lipinski definition) is 3. The van der Waals surface area contributed by atoms with Crippen molar-refractivity contribution in [1.82, 2.24) is 10.3 Å². The topological polar surface area (TPSA) is 91.4 Å². The van der Waals surface area contributed by atoms with E-state index in [0.717, 1.165) is 16.5 Å². The lowest BCUT2D eigenvalue weighted by Crippen LogP contribution is -2.35. The van der Waals surface area contributed by atoms with Gasteiger partial charge in [-0.25, -0.2) is 4.79 Å². The summed E-state index contributed by atoms with van der Waals surface area (Å²) in [4.78, 5) is 26.9. The third kappa shape index (κ3) is 4.36. The number of ketones is 1. The first-order valence-corrected chi connectivity index (χ1v) is 8.47. The van der Waals surface area contributed by atoms with Crippen LogP contribution in [0.3, 0.4) is 0 Å². The van der Waals surface area contributed by atoms with E-state index in [-0.39, 0.29) is 5.78 Å². The van der Waals surface area contributed by atoms with Gasteiger partial charge in [-0.05, 0) is 35.9 Å². The van der Waals surface area contributed by atoms with Gasteiger partial charge in [0.15, 0.2) is 5.78 Å². The molecule has 3 rings (SSSR count). The number of carboxylic acids is 1. The average Bonchev–Trinajstić information content (AvgIpc) is 3.10. The Balaban J connectivity index is 1.66. The van der Waals surface area contributed by atoms with E-state index in [1.807, 2.05) is 30.5 Å². The Morgan fingerprint density at radius 3 is 2.63 bits per heavy atom. The van der Waals surface area contributed by atoms with Crippen molar-refractivity contribution in [3.05, 3.63) is 78.1 Å². The van der Waals surface area contributed by atoms with Gasteiger partial charge in [0.1, 0.15) is 11.8 Å². The monoisotopic (exact) mass is 364 g/mol. The molecule has 0 saturated heterocycles. The van der Waals surface area contributed by atoms with Crippen LogP contribution in [0.1, 0.15) is 15.9 Å². The number of aliphatic carboxylic acids is 1. The fraction of sp³-hybridized carbons (Fsp3) is 0.143. The second-order valence-corrected chi connectivity index (χ2v) is 6.05. The van der Waals surface area contributed by atoms with E-state index in [1.165, 1.54) is 12.3 Å². The largest absolute Gasteiger partial charge is 0.497 e. The Labute approximate surface area is 156 Å². The molecule has 0 aliphatic heterocycles. The van der Waals surface area contributed by atoms with Crippen molar-refractivity contribution in [3.8, 4) is 5.75 Å². The zero-order valence-electron chi connectivity index (χ0n) is 14.8. The number of aromatic amines is 1. The Morgan fingerprint density at radius 2 is 1.93 bits per heavy atom. The smallest absolute Gasteiger partial charge is 0.326 e. The molecule has 138 valence electrons. The quantitative estimate of drug-likeness (QED) is 0.422. The van der Waals surface area contributed by atoms with E-state index in [2.05, 4.69) is 10.3 Å². The first kappa shape index (κ1) is 18.3. The highest BCUT2D eigenvalue weighted by Gasteiger charge is 2.18. The highest BCUT2D eigenvalue weighted by atomic mass is 16.5. The predicted octanol–water partition coefficient (Wildman–Crippen LogP) is 3.16. The number of hydrogen-bond acceptors (Lipinski definition) is 4. The van der Waals surface area contributed by atoms with Gasteiger partial charge in [0.05, 0.1) is 7.11 Å². The normalized spacial score (nSPS) is 12.2. The molecule has 3 N–H and O–H groups in total. The summed E-state index contributed by atoms with van der Waals surface area (Å²) in [6.45, 7) is 0. The lowest BCUT2D eigenvalue weighted by molar-refractivity contribution is -0.139. The summed E-state index contributed by atoms with van der Waals surface area (Å²) in [6.07, 6.45) is 4.82. The zero-order valence-corrected chi connectivity index (χ0v) is 14.8. The molecular weight excluding hydrogens is 344 g/mol. The summed E-state index contributed by atoms with van der Waals surface area (Å²) >= 11 is 0. The number of allylic oxidation sites excluding steroid dienone is 1. The van der Waals surface area contributed by atoms with Crippen molar-refractivity contribution in [1.29, 1.82) is 0 Å². The molecule has 0 radical (unpaired) electrons. The maximum Gasteiger partial charge on any atom is 0.326 e. The van der Waals surface area contributed by atoms with Crippen LogP contribution in [0, 0.1) is 0 Å². The molecule has 0 amide bonds. The molecule has 6 nitrogen and oxygen atoms in total. The van der Waals surface area contributed by atoms with E-state index >= 15 is 0 Å². The van der Waals surface area contributed by atoms with E-state index in [4.69, 9.17) is 4.74 Å². The standard InChI is InChI=1S/C21H20N2O4/c1-27-16-8-6-14(7-9-16)20(24)10-11-22-19(21(25)26)12-15-13-23-18-5-3-2-4-17(15)18/h2-11,13,19,22-23H,12H2,1H3,(H,25,26). The van der Waals surface area contributed by atoms with E-state index in [0.29, 0.717) is 17.7 Å². The molecular formula is C21H20N2O4. The summed E-state index contributed by atoms with van der Waals surface area (Å²) in [5.41, 5.74) is 2.36. The molecule has 1 heterocycles. The Bertz CT molecular complexity index is 973. The van der Waals surface area contributed by atoms with Gasteiger partial charge >= 0.3 is 5.97 Å². The second-order valence-electron chi connectivity index (χ2n) is 6.05. The van der Waals surface area contributed by atoms with Gasteiger partial charge in [-0.15, -0.1) is 0 Å². The number of methoxy groups -OCH3 is 1. The molecule has 3 aromatic rings. The maximum absolute atomic E-state index is 12.2. The first-order valence-electron chi connectivity index (χ1n) is 8.47. The second kappa shape index (κ2) is 8.23. The number of carbonyl (C=O) groups is 2. The zero-order chi connectivity index (χ0) is 19.2. The molecule has 0 saturated carbocycles. The van der Waals surface area contributed by atoms with Crippen LogP contribution in [0.15, 0.2) is 67.0 Å². The molecule has 1 aromatic heterocycles. The van der Waals surface area contributed by atoms with Crippen LogP contribution >= 0.6 is 0 Å². The molecule has 6 heteroatoms. The van der Waals surface area contributed by atoms with Gasteiger partial charge in [0.25, 0.3) is 0 Å². The van der Waals surface area contributed by atoms with Crippen molar-refractivity contribution in [2.75, 3.05) is 7.11 Å². The number of benzene rings is 2.